The standard InChI is InChI=1S/C14H8BrCl2F3/c15-7-12-11(2-1-3-13(12)14(18,19)20)8-4-9(16)6-10(17)5-8/h1-6H,7H2. The Bertz CT molecular complexity index is 619. The van der Waals surface area contributed by atoms with Gasteiger partial charge in [-0.15, -0.1) is 0 Å². The summed E-state index contributed by atoms with van der Waals surface area (Å²) in [6.45, 7) is 0. The minimum Gasteiger partial charge on any atom is -0.166 e. The molecule has 2 aromatic carbocycles. The third-order valence-electron chi connectivity index (χ3n) is 2.79. The Morgan fingerprint density at radius 1 is 1.00 bits per heavy atom. The van der Waals surface area contributed by atoms with E-state index in [1.807, 2.05) is 0 Å². The molecule has 0 heterocycles. The van der Waals surface area contributed by atoms with Gasteiger partial charge < -0.3 is 0 Å². The Balaban J connectivity index is 2.68. The van der Waals surface area contributed by atoms with Crippen LogP contribution in [0.2, 0.25) is 10.0 Å². The molecular weight excluding hydrogens is 376 g/mol. The molecule has 0 aromatic heterocycles. The average molecular weight is 384 g/mol. The molecule has 0 fully saturated rings. The fourth-order valence-electron chi connectivity index (χ4n) is 1.98. The van der Waals surface area contributed by atoms with Gasteiger partial charge >= 0.3 is 6.18 Å². The van der Waals surface area contributed by atoms with Gasteiger partial charge in [0.1, 0.15) is 0 Å². The van der Waals surface area contributed by atoms with Crippen LogP contribution in [0, 0.1) is 0 Å². The van der Waals surface area contributed by atoms with E-state index in [0.29, 0.717) is 21.2 Å². The van der Waals surface area contributed by atoms with Crippen LogP contribution < -0.4 is 0 Å². The van der Waals surface area contributed by atoms with E-state index in [9.17, 15) is 13.2 Å². The van der Waals surface area contributed by atoms with Crippen molar-refractivity contribution in [2.75, 3.05) is 0 Å². The van der Waals surface area contributed by atoms with Crippen LogP contribution in [0.15, 0.2) is 36.4 Å². The van der Waals surface area contributed by atoms with Crippen LogP contribution in [0.4, 0.5) is 13.2 Å². The van der Waals surface area contributed by atoms with E-state index in [1.54, 1.807) is 18.2 Å². The second kappa shape index (κ2) is 5.96. The van der Waals surface area contributed by atoms with Crippen LogP contribution in [-0.2, 0) is 11.5 Å². The monoisotopic (exact) mass is 382 g/mol. The molecule has 20 heavy (non-hydrogen) atoms. The minimum atomic E-state index is -4.40. The second-order valence-corrected chi connectivity index (χ2v) is 5.55. The lowest BCUT2D eigenvalue weighted by Gasteiger charge is -2.16. The highest BCUT2D eigenvalue weighted by Gasteiger charge is 2.33. The summed E-state index contributed by atoms with van der Waals surface area (Å²) in [6.07, 6.45) is -4.40. The maximum absolute atomic E-state index is 13.0. The van der Waals surface area contributed by atoms with Gasteiger partial charge in [0.15, 0.2) is 0 Å². The van der Waals surface area contributed by atoms with Crippen molar-refractivity contribution >= 4 is 39.1 Å². The Morgan fingerprint density at radius 2 is 1.60 bits per heavy atom. The number of benzene rings is 2. The molecule has 2 rings (SSSR count). The predicted octanol–water partition coefficient (Wildman–Crippen LogP) is 6.57. The summed E-state index contributed by atoms with van der Waals surface area (Å²) in [5.74, 6) is 0. The first-order chi connectivity index (χ1) is 9.32. The van der Waals surface area contributed by atoms with Crippen molar-refractivity contribution in [2.45, 2.75) is 11.5 Å². The van der Waals surface area contributed by atoms with Gasteiger partial charge in [0.05, 0.1) is 5.56 Å². The van der Waals surface area contributed by atoms with E-state index in [4.69, 9.17) is 23.2 Å². The molecule has 0 atom stereocenters. The van der Waals surface area contributed by atoms with Gasteiger partial charge in [-0.05, 0) is 41.0 Å². The minimum absolute atomic E-state index is 0.0855. The summed E-state index contributed by atoms with van der Waals surface area (Å²) in [4.78, 5) is 0. The first-order valence-electron chi connectivity index (χ1n) is 5.54. The fourth-order valence-corrected chi connectivity index (χ4v) is 3.11. The summed E-state index contributed by atoms with van der Waals surface area (Å²) in [7, 11) is 0. The van der Waals surface area contributed by atoms with Crippen molar-refractivity contribution in [3.8, 4) is 11.1 Å². The highest BCUT2D eigenvalue weighted by atomic mass is 79.9. The Kier molecular flexibility index (Phi) is 4.67. The van der Waals surface area contributed by atoms with Crippen LogP contribution in [-0.4, -0.2) is 0 Å². The molecule has 0 aliphatic rings. The number of alkyl halides is 4. The first-order valence-corrected chi connectivity index (χ1v) is 7.42. The molecule has 106 valence electrons. The van der Waals surface area contributed by atoms with Gasteiger partial charge in [0.2, 0.25) is 0 Å². The molecule has 0 spiro atoms. The van der Waals surface area contributed by atoms with E-state index in [0.717, 1.165) is 6.07 Å². The van der Waals surface area contributed by atoms with Crippen LogP contribution >= 0.6 is 39.1 Å². The molecule has 0 unspecified atom stereocenters. The molecule has 0 radical (unpaired) electrons. The third kappa shape index (κ3) is 3.30. The molecule has 0 N–H and O–H groups in total. The molecule has 0 aliphatic heterocycles. The quantitative estimate of drug-likeness (QED) is 0.514. The van der Waals surface area contributed by atoms with Crippen molar-refractivity contribution in [2.24, 2.45) is 0 Å². The number of hydrogen-bond acceptors (Lipinski definition) is 0. The van der Waals surface area contributed by atoms with Crippen LogP contribution in [0.5, 0.6) is 0 Å². The van der Waals surface area contributed by atoms with Gasteiger partial charge in [-0.25, -0.2) is 0 Å². The third-order valence-corrected chi connectivity index (χ3v) is 3.79. The lowest BCUT2D eigenvalue weighted by atomic mass is 9.96. The van der Waals surface area contributed by atoms with Gasteiger partial charge in [0.25, 0.3) is 0 Å². The largest absolute Gasteiger partial charge is 0.416 e. The van der Waals surface area contributed by atoms with Gasteiger partial charge in [-0.3, -0.25) is 0 Å². The number of hydrogen-bond donors (Lipinski definition) is 0. The molecule has 6 heteroatoms. The zero-order valence-electron chi connectivity index (χ0n) is 9.94. The summed E-state index contributed by atoms with van der Waals surface area (Å²) in [5.41, 5.74) is 0.519. The molecular formula is C14H8BrCl2F3. The van der Waals surface area contributed by atoms with Crippen LogP contribution in [0.25, 0.3) is 11.1 Å². The van der Waals surface area contributed by atoms with Gasteiger partial charge in [0, 0.05) is 15.4 Å². The van der Waals surface area contributed by atoms with E-state index >= 15 is 0 Å². The van der Waals surface area contributed by atoms with Crippen LogP contribution in [0.1, 0.15) is 11.1 Å². The molecule has 0 aliphatic carbocycles. The highest BCUT2D eigenvalue weighted by Crippen LogP contribution is 2.38. The topological polar surface area (TPSA) is 0 Å². The van der Waals surface area contributed by atoms with Gasteiger partial charge in [-0.1, -0.05) is 51.3 Å². The first kappa shape index (κ1) is 15.7. The van der Waals surface area contributed by atoms with Crippen molar-refractivity contribution in [3.63, 3.8) is 0 Å². The smallest absolute Gasteiger partial charge is 0.166 e. The number of rotatable bonds is 2. The van der Waals surface area contributed by atoms with Crippen molar-refractivity contribution in [1.29, 1.82) is 0 Å². The molecule has 0 saturated heterocycles. The van der Waals surface area contributed by atoms with Gasteiger partial charge in [-0.2, -0.15) is 13.2 Å². The summed E-state index contributed by atoms with van der Waals surface area (Å²) < 4.78 is 39.1. The lowest BCUT2D eigenvalue weighted by Crippen LogP contribution is -2.09. The molecule has 0 nitrogen and oxygen atoms in total. The second-order valence-electron chi connectivity index (χ2n) is 4.12. The van der Waals surface area contributed by atoms with E-state index in [2.05, 4.69) is 15.9 Å². The fraction of sp³-hybridized carbons (Fsp3) is 0.143. The van der Waals surface area contributed by atoms with Crippen LogP contribution in [0.3, 0.4) is 0 Å². The van der Waals surface area contributed by atoms with Crippen molar-refractivity contribution < 1.29 is 13.2 Å². The summed E-state index contributed by atoms with van der Waals surface area (Å²) in [5, 5.41) is 0.846. The van der Waals surface area contributed by atoms with E-state index in [1.165, 1.54) is 12.1 Å². The normalized spacial score (nSPS) is 11.7. The Labute approximate surface area is 132 Å². The Hall–Kier alpha value is -0.710. The van der Waals surface area contributed by atoms with Crippen molar-refractivity contribution in [3.05, 3.63) is 57.6 Å². The maximum atomic E-state index is 13.0. The lowest BCUT2D eigenvalue weighted by molar-refractivity contribution is -0.138. The SMILES string of the molecule is FC(F)(F)c1cccc(-c2cc(Cl)cc(Cl)c2)c1CBr. The van der Waals surface area contributed by atoms with E-state index in [-0.39, 0.29) is 10.9 Å². The number of halogens is 6. The average Bonchev–Trinajstić information content (AvgIpc) is 2.35. The zero-order chi connectivity index (χ0) is 14.9. The van der Waals surface area contributed by atoms with E-state index < -0.39 is 11.7 Å². The molecule has 0 saturated carbocycles. The Morgan fingerprint density at radius 3 is 2.10 bits per heavy atom. The molecule has 2 aromatic rings. The molecule has 0 bridgehead atoms. The summed E-state index contributed by atoms with van der Waals surface area (Å²) in [6, 6.07) is 8.78. The summed E-state index contributed by atoms with van der Waals surface area (Å²) >= 11 is 14.9. The highest BCUT2D eigenvalue weighted by molar-refractivity contribution is 9.08. The maximum Gasteiger partial charge on any atom is 0.416 e. The van der Waals surface area contributed by atoms with Crippen molar-refractivity contribution in [1.82, 2.24) is 0 Å². The zero-order valence-corrected chi connectivity index (χ0v) is 13.0. The molecule has 0 amide bonds. The predicted molar refractivity (Wildman–Crippen MR) is 79.5 cm³/mol.